The first kappa shape index (κ1) is 28.4. The van der Waals surface area contributed by atoms with Crippen molar-refractivity contribution < 1.29 is 9.47 Å². The summed E-state index contributed by atoms with van der Waals surface area (Å²) in [7, 11) is 3.44. The maximum atomic E-state index is 5.51. The Morgan fingerprint density at radius 1 is 0.795 bits per heavy atom. The molecular weight excluding hydrogens is 482 g/mol. The Kier molecular flexibility index (Phi) is 10.2. The summed E-state index contributed by atoms with van der Waals surface area (Å²) in [6.45, 7) is 10.3. The highest BCUT2D eigenvalue weighted by molar-refractivity contribution is 5.69. The lowest BCUT2D eigenvalue weighted by Gasteiger charge is -2.24. The van der Waals surface area contributed by atoms with Gasteiger partial charge in [-0.15, -0.1) is 0 Å². The van der Waals surface area contributed by atoms with Crippen LogP contribution in [0.4, 0.5) is 0 Å². The number of hydrogen-bond acceptors (Lipinski definition) is 4. The topological polar surface area (TPSA) is 39.5 Å². The standard InChI is InChI=1S/C34H43N3O2/c1-6-8-21-36(24-27-15-20-32(39-5)26(3)23-27)25-31-33(28-16-18-30(38-4)19-17-28)35-34(37(31)22-9-7-2)29-13-11-10-12-14-29/h10-20,23H,6-9,21-22,24-25H2,1-5H3. The average Bonchev–Trinajstić information content (AvgIpc) is 3.33. The molecule has 5 heteroatoms. The number of ether oxygens (including phenoxy) is 2. The lowest BCUT2D eigenvalue weighted by atomic mass is 10.1. The summed E-state index contributed by atoms with van der Waals surface area (Å²) in [5.41, 5.74) is 7.07. The lowest BCUT2D eigenvalue weighted by Crippen LogP contribution is -2.26. The highest BCUT2D eigenvalue weighted by Crippen LogP contribution is 2.32. The molecule has 0 spiro atoms. The Labute approximate surface area is 234 Å². The number of hydrogen-bond donors (Lipinski definition) is 0. The smallest absolute Gasteiger partial charge is 0.140 e. The van der Waals surface area contributed by atoms with E-state index < -0.39 is 0 Å². The lowest BCUT2D eigenvalue weighted by molar-refractivity contribution is 0.246. The van der Waals surface area contributed by atoms with Gasteiger partial charge in [0.05, 0.1) is 25.6 Å². The number of imidazole rings is 1. The number of rotatable bonds is 14. The van der Waals surface area contributed by atoms with Crippen molar-refractivity contribution in [1.82, 2.24) is 14.5 Å². The van der Waals surface area contributed by atoms with Gasteiger partial charge in [-0.3, -0.25) is 4.90 Å². The van der Waals surface area contributed by atoms with E-state index in [1.165, 1.54) is 16.8 Å². The molecule has 0 bridgehead atoms. The number of nitrogens with zero attached hydrogens (tertiary/aromatic N) is 3. The highest BCUT2D eigenvalue weighted by Gasteiger charge is 2.22. The third-order valence-electron chi connectivity index (χ3n) is 7.27. The fourth-order valence-electron chi connectivity index (χ4n) is 5.10. The first-order valence-corrected chi connectivity index (χ1v) is 14.2. The molecule has 206 valence electrons. The van der Waals surface area contributed by atoms with Crippen molar-refractivity contribution in [1.29, 1.82) is 0 Å². The zero-order chi connectivity index (χ0) is 27.6. The van der Waals surface area contributed by atoms with Gasteiger partial charge in [0.1, 0.15) is 17.3 Å². The molecular formula is C34H43N3O2. The first-order chi connectivity index (χ1) is 19.1. The molecule has 0 saturated carbocycles. The number of methoxy groups -OCH3 is 2. The monoisotopic (exact) mass is 525 g/mol. The minimum absolute atomic E-state index is 0.829. The van der Waals surface area contributed by atoms with Crippen molar-refractivity contribution in [3.8, 4) is 34.1 Å². The molecule has 0 radical (unpaired) electrons. The minimum Gasteiger partial charge on any atom is -0.497 e. The van der Waals surface area contributed by atoms with Crippen molar-refractivity contribution in [2.45, 2.75) is 66.1 Å². The molecule has 0 N–H and O–H groups in total. The molecule has 3 aromatic carbocycles. The fourth-order valence-corrected chi connectivity index (χ4v) is 5.10. The summed E-state index contributed by atoms with van der Waals surface area (Å²) in [6.07, 6.45) is 4.56. The van der Waals surface area contributed by atoms with E-state index >= 15 is 0 Å². The summed E-state index contributed by atoms with van der Waals surface area (Å²) in [5, 5.41) is 0. The largest absolute Gasteiger partial charge is 0.497 e. The molecule has 0 fully saturated rings. The fraction of sp³-hybridized carbons (Fsp3) is 0.382. The molecule has 39 heavy (non-hydrogen) atoms. The summed E-state index contributed by atoms with van der Waals surface area (Å²) in [5.74, 6) is 2.83. The van der Waals surface area contributed by atoms with Gasteiger partial charge in [0.25, 0.3) is 0 Å². The Morgan fingerprint density at radius 3 is 2.18 bits per heavy atom. The van der Waals surface area contributed by atoms with Crippen LogP contribution in [0.25, 0.3) is 22.6 Å². The number of benzene rings is 3. The zero-order valence-electron chi connectivity index (χ0n) is 24.2. The molecule has 1 aromatic heterocycles. The molecule has 0 amide bonds. The Morgan fingerprint density at radius 2 is 1.54 bits per heavy atom. The van der Waals surface area contributed by atoms with Crippen molar-refractivity contribution >= 4 is 0 Å². The predicted molar refractivity (Wildman–Crippen MR) is 161 cm³/mol. The maximum Gasteiger partial charge on any atom is 0.140 e. The third-order valence-corrected chi connectivity index (χ3v) is 7.27. The van der Waals surface area contributed by atoms with Crippen molar-refractivity contribution in [2.75, 3.05) is 20.8 Å². The molecule has 1 heterocycles. The van der Waals surface area contributed by atoms with Gasteiger partial charge < -0.3 is 14.0 Å². The molecule has 0 aliphatic rings. The maximum absolute atomic E-state index is 5.51. The minimum atomic E-state index is 0.829. The van der Waals surface area contributed by atoms with E-state index in [1.54, 1.807) is 14.2 Å². The van der Waals surface area contributed by atoms with Crippen LogP contribution in [-0.4, -0.2) is 35.2 Å². The van der Waals surface area contributed by atoms with Crippen molar-refractivity contribution in [3.63, 3.8) is 0 Å². The van der Waals surface area contributed by atoms with E-state index in [0.29, 0.717) is 0 Å². The van der Waals surface area contributed by atoms with Gasteiger partial charge in [-0.25, -0.2) is 4.98 Å². The van der Waals surface area contributed by atoms with E-state index in [9.17, 15) is 0 Å². The van der Waals surface area contributed by atoms with Gasteiger partial charge in [-0.2, -0.15) is 0 Å². The summed E-state index contributed by atoms with van der Waals surface area (Å²) in [4.78, 5) is 7.89. The second-order valence-electron chi connectivity index (χ2n) is 10.2. The summed E-state index contributed by atoms with van der Waals surface area (Å²) < 4.78 is 13.4. The van der Waals surface area contributed by atoms with Gasteiger partial charge in [0.15, 0.2) is 0 Å². The Balaban J connectivity index is 1.79. The molecule has 0 atom stereocenters. The molecule has 0 unspecified atom stereocenters. The number of unbranched alkanes of at least 4 members (excludes halogenated alkanes) is 2. The van der Waals surface area contributed by atoms with Crippen LogP contribution in [0, 0.1) is 6.92 Å². The first-order valence-electron chi connectivity index (χ1n) is 14.2. The van der Waals surface area contributed by atoms with Crippen LogP contribution in [0.1, 0.15) is 56.4 Å². The Hall–Kier alpha value is -3.57. The van der Waals surface area contributed by atoms with Crippen LogP contribution in [-0.2, 0) is 19.6 Å². The van der Waals surface area contributed by atoms with Crippen LogP contribution in [0.15, 0.2) is 72.8 Å². The number of aryl methyl sites for hydroxylation is 1. The van der Waals surface area contributed by atoms with Gasteiger partial charge >= 0.3 is 0 Å². The van der Waals surface area contributed by atoms with Crippen molar-refractivity contribution in [3.05, 3.63) is 89.6 Å². The van der Waals surface area contributed by atoms with E-state index in [0.717, 1.165) is 86.0 Å². The Bertz CT molecular complexity index is 1310. The van der Waals surface area contributed by atoms with Crippen LogP contribution in [0.3, 0.4) is 0 Å². The van der Waals surface area contributed by atoms with E-state index in [1.807, 2.05) is 12.1 Å². The molecule has 0 aliphatic heterocycles. The zero-order valence-corrected chi connectivity index (χ0v) is 24.2. The predicted octanol–water partition coefficient (Wildman–Crippen LogP) is 8.15. The number of aromatic nitrogens is 2. The molecule has 5 nitrogen and oxygen atoms in total. The van der Waals surface area contributed by atoms with Gasteiger partial charge in [0.2, 0.25) is 0 Å². The molecule has 4 aromatic rings. The normalized spacial score (nSPS) is 11.2. The SMILES string of the molecule is CCCCN(Cc1ccc(OC)c(C)c1)Cc1c(-c2ccc(OC)cc2)nc(-c2ccccc2)n1CCCC. The van der Waals surface area contributed by atoms with Crippen LogP contribution in [0.5, 0.6) is 11.5 Å². The quantitative estimate of drug-likeness (QED) is 0.167. The highest BCUT2D eigenvalue weighted by atomic mass is 16.5. The van der Waals surface area contributed by atoms with Crippen LogP contribution >= 0.6 is 0 Å². The summed E-state index contributed by atoms with van der Waals surface area (Å²) >= 11 is 0. The van der Waals surface area contributed by atoms with Crippen molar-refractivity contribution in [2.24, 2.45) is 0 Å². The second kappa shape index (κ2) is 14.0. The molecule has 0 aliphatic carbocycles. The van der Waals surface area contributed by atoms with Gasteiger partial charge in [-0.1, -0.05) is 69.2 Å². The van der Waals surface area contributed by atoms with Gasteiger partial charge in [-0.05, 0) is 67.8 Å². The van der Waals surface area contributed by atoms with E-state index in [4.69, 9.17) is 14.5 Å². The van der Waals surface area contributed by atoms with Crippen LogP contribution < -0.4 is 9.47 Å². The van der Waals surface area contributed by atoms with E-state index in [-0.39, 0.29) is 0 Å². The second-order valence-corrected chi connectivity index (χ2v) is 10.2. The third kappa shape index (κ3) is 7.10. The average molecular weight is 526 g/mol. The van der Waals surface area contributed by atoms with Crippen LogP contribution in [0.2, 0.25) is 0 Å². The molecule has 4 rings (SSSR count). The molecule has 0 saturated heterocycles. The van der Waals surface area contributed by atoms with Gasteiger partial charge in [0, 0.05) is 30.8 Å². The summed E-state index contributed by atoms with van der Waals surface area (Å²) in [6, 6.07) is 25.5. The van der Waals surface area contributed by atoms with E-state index in [2.05, 4.69) is 90.9 Å².